The molecule has 5 nitrogen and oxygen atoms in total. The fourth-order valence-corrected chi connectivity index (χ4v) is 3.26. The molecule has 1 heterocycles. The fraction of sp³-hybridized carbons (Fsp3) is 0.474. The highest BCUT2D eigenvalue weighted by atomic mass is 32.1. The molecule has 0 saturated carbocycles. The van der Waals surface area contributed by atoms with Gasteiger partial charge in [-0.1, -0.05) is 19.1 Å². The van der Waals surface area contributed by atoms with Crippen LogP contribution in [0.5, 0.6) is 5.75 Å². The summed E-state index contributed by atoms with van der Waals surface area (Å²) in [6.07, 6.45) is 5.89. The van der Waals surface area contributed by atoms with Gasteiger partial charge < -0.3 is 15.7 Å². The molecule has 1 aromatic carbocycles. The van der Waals surface area contributed by atoms with Crippen LogP contribution in [0, 0.1) is 0 Å². The highest BCUT2D eigenvalue weighted by molar-refractivity contribution is 7.11. The summed E-state index contributed by atoms with van der Waals surface area (Å²) in [7, 11) is 0. The second kappa shape index (κ2) is 10.7. The van der Waals surface area contributed by atoms with Crippen LogP contribution < -0.4 is 10.6 Å². The predicted molar refractivity (Wildman–Crippen MR) is 106 cm³/mol. The highest BCUT2D eigenvalue weighted by Crippen LogP contribution is 2.13. The van der Waals surface area contributed by atoms with Crippen molar-refractivity contribution in [2.45, 2.75) is 39.5 Å². The van der Waals surface area contributed by atoms with E-state index in [9.17, 15) is 5.11 Å². The van der Waals surface area contributed by atoms with E-state index in [4.69, 9.17) is 0 Å². The number of hydrogen-bond donors (Lipinski definition) is 3. The van der Waals surface area contributed by atoms with Crippen molar-refractivity contribution in [2.24, 2.45) is 4.99 Å². The highest BCUT2D eigenvalue weighted by Gasteiger charge is 2.02. The standard InChI is InChI=1S/C19H28N4OS/c1-3-17-14-23-18(25-17)11-13-22-19(20-4-2)21-12-5-6-15-7-9-16(24)10-8-15/h7-10,14,24H,3-6,11-13H2,1-2H3,(H2,20,21,22). The zero-order valence-corrected chi connectivity index (χ0v) is 15.9. The number of aromatic hydroxyl groups is 1. The molecule has 2 aromatic rings. The largest absolute Gasteiger partial charge is 0.508 e. The molecule has 0 spiro atoms. The van der Waals surface area contributed by atoms with Gasteiger partial charge in [0.1, 0.15) is 5.75 Å². The quantitative estimate of drug-likeness (QED) is 0.365. The first kappa shape index (κ1) is 19.2. The Bertz CT molecular complexity index is 652. The van der Waals surface area contributed by atoms with Crippen LogP contribution in [0.1, 0.15) is 35.7 Å². The van der Waals surface area contributed by atoms with E-state index < -0.39 is 0 Å². The summed E-state index contributed by atoms with van der Waals surface area (Å²) in [4.78, 5) is 10.4. The number of benzene rings is 1. The van der Waals surface area contributed by atoms with Crippen molar-refractivity contribution in [1.82, 2.24) is 15.6 Å². The van der Waals surface area contributed by atoms with Gasteiger partial charge in [-0.15, -0.1) is 11.3 Å². The van der Waals surface area contributed by atoms with Crippen LogP contribution in [0.2, 0.25) is 0 Å². The van der Waals surface area contributed by atoms with E-state index in [2.05, 4.69) is 34.5 Å². The van der Waals surface area contributed by atoms with E-state index in [0.717, 1.165) is 51.3 Å². The maximum absolute atomic E-state index is 9.30. The summed E-state index contributed by atoms with van der Waals surface area (Å²) in [5, 5.41) is 17.1. The van der Waals surface area contributed by atoms with Crippen molar-refractivity contribution in [3.63, 3.8) is 0 Å². The minimum atomic E-state index is 0.312. The molecular weight excluding hydrogens is 332 g/mol. The summed E-state index contributed by atoms with van der Waals surface area (Å²) < 4.78 is 0. The monoisotopic (exact) mass is 360 g/mol. The maximum atomic E-state index is 9.30. The number of aliphatic imine (C=N–C) groups is 1. The Balaban J connectivity index is 1.72. The van der Waals surface area contributed by atoms with E-state index >= 15 is 0 Å². The predicted octanol–water partition coefficient (Wildman–Crippen LogP) is 3.14. The number of guanidine groups is 1. The number of phenols is 1. The number of nitrogens with zero attached hydrogens (tertiary/aromatic N) is 2. The van der Waals surface area contributed by atoms with Crippen LogP contribution in [0.4, 0.5) is 0 Å². The number of thiazole rings is 1. The third-order valence-electron chi connectivity index (χ3n) is 3.76. The third-order valence-corrected chi connectivity index (χ3v) is 4.96. The van der Waals surface area contributed by atoms with Gasteiger partial charge in [0.25, 0.3) is 0 Å². The molecule has 25 heavy (non-hydrogen) atoms. The second-order valence-electron chi connectivity index (χ2n) is 5.78. The first-order valence-electron chi connectivity index (χ1n) is 8.95. The van der Waals surface area contributed by atoms with Gasteiger partial charge in [-0.3, -0.25) is 4.99 Å². The number of rotatable bonds is 9. The fourth-order valence-electron chi connectivity index (χ4n) is 2.39. The Morgan fingerprint density at radius 2 is 1.96 bits per heavy atom. The van der Waals surface area contributed by atoms with Crippen molar-refractivity contribution in [3.05, 3.63) is 45.9 Å². The molecule has 0 saturated heterocycles. The number of aryl methyl sites for hydroxylation is 2. The number of hydrogen-bond acceptors (Lipinski definition) is 4. The Morgan fingerprint density at radius 1 is 1.16 bits per heavy atom. The molecule has 0 aliphatic carbocycles. The lowest BCUT2D eigenvalue weighted by atomic mass is 10.1. The summed E-state index contributed by atoms with van der Waals surface area (Å²) in [5.41, 5.74) is 1.22. The molecular formula is C19H28N4OS. The van der Waals surface area contributed by atoms with E-state index in [1.165, 1.54) is 15.4 Å². The van der Waals surface area contributed by atoms with Gasteiger partial charge in [0.05, 0.1) is 5.01 Å². The summed E-state index contributed by atoms with van der Waals surface area (Å²) >= 11 is 1.79. The minimum absolute atomic E-state index is 0.312. The SMILES string of the molecule is CCNC(=NCCCc1ccc(O)cc1)NCCc1ncc(CC)s1. The Kier molecular flexibility index (Phi) is 8.25. The van der Waals surface area contributed by atoms with Crippen molar-refractivity contribution in [3.8, 4) is 5.75 Å². The zero-order chi connectivity index (χ0) is 17.9. The van der Waals surface area contributed by atoms with E-state index in [1.807, 2.05) is 18.3 Å². The van der Waals surface area contributed by atoms with Gasteiger partial charge in [-0.2, -0.15) is 0 Å². The number of nitrogens with one attached hydrogen (secondary N) is 2. The average Bonchev–Trinajstić information content (AvgIpc) is 3.08. The smallest absolute Gasteiger partial charge is 0.191 e. The van der Waals surface area contributed by atoms with Crippen LogP contribution in [0.15, 0.2) is 35.5 Å². The summed E-state index contributed by atoms with van der Waals surface area (Å²) in [6, 6.07) is 7.38. The first-order valence-corrected chi connectivity index (χ1v) is 9.76. The van der Waals surface area contributed by atoms with Gasteiger partial charge >= 0.3 is 0 Å². The first-order chi connectivity index (χ1) is 12.2. The molecule has 0 radical (unpaired) electrons. The van der Waals surface area contributed by atoms with Crippen LogP contribution in [-0.2, 0) is 19.3 Å². The molecule has 0 fully saturated rings. The lowest BCUT2D eigenvalue weighted by Crippen LogP contribution is -2.38. The molecule has 0 bridgehead atoms. The lowest BCUT2D eigenvalue weighted by Gasteiger charge is -2.10. The minimum Gasteiger partial charge on any atom is -0.508 e. The van der Waals surface area contributed by atoms with E-state index in [-0.39, 0.29) is 0 Å². The van der Waals surface area contributed by atoms with Crippen molar-refractivity contribution >= 4 is 17.3 Å². The van der Waals surface area contributed by atoms with Gasteiger partial charge in [-0.05, 0) is 43.9 Å². The van der Waals surface area contributed by atoms with Crippen LogP contribution in [0.3, 0.4) is 0 Å². The van der Waals surface area contributed by atoms with Gasteiger partial charge in [0.2, 0.25) is 0 Å². The molecule has 0 aliphatic rings. The van der Waals surface area contributed by atoms with Gasteiger partial charge in [-0.25, -0.2) is 4.98 Å². The molecule has 0 unspecified atom stereocenters. The van der Waals surface area contributed by atoms with Crippen molar-refractivity contribution in [1.29, 1.82) is 0 Å². The van der Waals surface area contributed by atoms with Gasteiger partial charge in [0, 0.05) is 37.1 Å². The Hall–Kier alpha value is -2.08. The zero-order valence-electron chi connectivity index (χ0n) is 15.1. The van der Waals surface area contributed by atoms with Crippen molar-refractivity contribution in [2.75, 3.05) is 19.6 Å². The normalized spacial score (nSPS) is 11.5. The molecule has 6 heteroatoms. The van der Waals surface area contributed by atoms with Gasteiger partial charge in [0.15, 0.2) is 5.96 Å². The Labute approximate surface area is 154 Å². The maximum Gasteiger partial charge on any atom is 0.191 e. The van der Waals surface area contributed by atoms with Crippen LogP contribution >= 0.6 is 11.3 Å². The third kappa shape index (κ3) is 7.13. The topological polar surface area (TPSA) is 69.5 Å². The van der Waals surface area contributed by atoms with Crippen molar-refractivity contribution < 1.29 is 5.11 Å². The summed E-state index contributed by atoms with van der Waals surface area (Å²) in [5.74, 6) is 1.17. The summed E-state index contributed by atoms with van der Waals surface area (Å²) in [6.45, 7) is 6.68. The molecule has 2 rings (SSSR count). The molecule has 0 atom stereocenters. The van der Waals surface area contributed by atoms with E-state index in [0.29, 0.717) is 5.75 Å². The molecule has 0 aliphatic heterocycles. The second-order valence-corrected chi connectivity index (χ2v) is 6.98. The number of aromatic nitrogens is 1. The number of phenolic OH excluding ortho intramolecular Hbond substituents is 1. The molecule has 136 valence electrons. The Morgan fingerprint density at radius 3 is 2.64 bits per heavy atom. The van der Waals surface area contributed by atoms with Crippen LogP contribution in [-0.4, -0.2) is 35.7 Å². The van der Waals surface area contributed by atoms with E-state index in [1.54, 1.807) is 23.5 Å². The molecule has 1 aromatic heterocycles. The van der Waals surface area contributed by atoms with Crippen LogP contribution in [0.25, 0.3) is 0 Å². The molecule has 0 amide bonds. The lowest BCUT2D eigenvalue weighted by molar-refractivity contribution is 0.475. The average molecular weight is 361 g/mol. The molecule has 3 N–H and O–H groups in total.